The first-order valence-electron chi connectivity index (χ1n) is 7.85. The molecule has 4 nitrogen and oxygen atoms in total. The van der Waals surface area contributed by atoms with E-state index < -0.39 is 0 Å². The van der Waals surface area contributed by atoms with Gasteiger partial charge in [0.1, 0.15) is 10.8 Å². The summed E-state index contributed by atoms with van der Waals surface area (Å²) in [7, 11) is 0. The van der Waals surface area contributed by atoms with Crippen molar-refractivity contribution in [3.05, 3.63) is 60.6 Å². The van der Waals surface area contributed by atoms with Crippen molar-refractivity contribution in [2.24, 2.45) is 0 Å². The third kappa shape index (κ3) is 4.80. The first kappa shape index (κ1) is 17.9. The summed E-state index contributed by atoms with van der Waals surface area (Å²) in [6.07, 6.45) is 3.72. The van der Waals surface area contributed by atoms with Gasteiger partial charge in [0.15, 0.2) is 0 Å². The van der Waals surface area contributed by atoms with Crippen LogP contribution in [-0.2, 0) is 11.2 Å². The zero-order valence-electron chi connectivity index (χ0n) is 13.9. The minimum Gasteiger partial charge on any atom is -0.494 e. The van der Waals surface area contributed by atoms with E-state index in [1.165, 1.54) is 11.3 Å². The van der Waals surface area contributed by atoms with Crippen molar-refractivity contribution in [1.82, 2.24) is 9.88 Å². The normalized spacial score (nSPS) is 10.2. The molecule has 0 aliphatic heterocycles. The van der Waals surface area contributed by atoms with E-state index in [9.17, 15) is 4.79 Å². The highest BCUT2D eigenvalue weighted by atomic mass is 32.1. The van der Waals surface area contributed by atoms with Crippen molar-refractivity contribution in [3.63, 3.8) is 0 Å². The van der Waals surface area contributed by atoms with Gasteiger partial charge in [-0.2, -0.15) is 0 Å². The lowest BCUT2D eigenvalue weighted by molar-refractivity contribution is -0.129. The van der Waals surface area contributed by atoms with Crippen LogP contribution in [0, 0.1) is 0 Å². The number of rotatable bonds is 9. The van der Waals surface area contributed by atoms with Crippen LogP contribution in [0.1, 0.15) is 12.6 Å². The van der Waals surface area contributed by atoms with E-state index in [0.29, 0.717) is 19.7 Å². The molecule has 5 heteroatoms. The van der Waals surface area contributed by atoms with E-state index in [1.807, 2.05) is 36.6 Å². The van der Waals surface area contributed by atoms with Crippen LogP contribution in [0.15, 0.2) is 55.0 Å². The SMILES string of the molecule is C=CCN(CC=C)C(=O)Cc1csc(-c2ccc(OCC)cc2)n1. The number of aromatic nitrogens is 1. The highest BCUT2D eigenvalue weighted by Gasteiger charge is 2.14. The van der Waals surface area contributed by atoms with E-state index >= 15 is 0 Å². The van der Waals surface area contributed by atoms with Gasteiger partial charge < -0.3 is 9.64 Å². The second kappa shape index (κ2) is 9.03. The number of ether oxygens (including phenoxy) is 1. The Kier molecular flexibility index (Phi) is 6.75. The van der Waals surface area contributed by atoms with Gasteiger partial charge in [0, 0.05) is 24.0 Å². The summed E-state index contributed by atoms with van der Waals surface area (Å²) >= 11 is 1.54. The number of carbonyl (C=O) groups excluding carboxylic acids is 1. The minimum atomic E-state index is 0.0262. The van der Waals surface area contributed by atoms with Crippen LogP contribution in [0.4, 0.5) is 0 Å². The summed E-state index contributed by atoms with van der Waals surface area (Å²) in [5, 5.41) is 2.84. The Hall–Kier alpha value is -2.40. The Morgan fingerprint density at radius 1 is 1.25 bits per heavy atom. The van der Waals surface area contributed by atoms with E-state index in [0.717, 1.165) is 22.0 Å². The van der Waals surface area contributed by atoms with Gasteiger partial charge in [-0.25, -0.2) is 4.98 Å². The maximum atomic E-state index is 12.3. The smallest absolute Gasteiger partial charge is 0.229 e. The van der Waals surface area contributed by atoms with E-state index in [1.54, 1.807) is 17.1 Å². The number of thiazole rings is 1. The van der Waals surface area contributed by atoms with E-state index in [2.05, 4.69) is 18.1 Å². The quantitative estimate of drug-likeness (QED) is 0.648. The third-order valence-electron chi connectivity index (χ3n) is 3.35. The van der Waals surface area contributed by atoms with Gasteiger partial charge in [0.05, 0.1) is 18.7 Å². The summed E-state index contributed by atoms with van der Waals surface area (Å²) in [5.41, 5.74) is 1.81. The van der Waals surface area contributed by atoms with E-state index in [4.69, 9.17) is 4.74 Å². The second-order valence-corrected chi connectivity index (χ2v) is 6.01. The predicted octanol–water partition coefficient (Wildman–Crippen LogP) is 3.95. The van der Waals surface area contributed by atoms with Crippen molar-refractivity contribution in [2.75, 3.05) is 19.7 Å². The maximum Gasteiger partial charge on any atom is 0.229 e. The molecule has 0 aliphatic carbocycles. The van der Waals surface area contributed by atoms with Gasteiger partial charge in [-0.05, 0) is 31.2 Å². The zero-order chi connectivity index (χ0) is 17.4. The van der Waals surface area contributed by atoms with Crippen LogP contribution in [0.25, 0.3) is 10.6 Å². The lowest BCUT2D eigenvalue weighted by Crippen LogP contribution is -2.32. The fourth-order valence-corrected chi connectivity index (χ4v) is 3.06. The van der Waals surface area contributed by atoms with Crippen LogP contribution in [0.2, 0.25) is 0 Å². The van der Waals surface area contributed by atoms with Gasteiger partial charge in [0.2, 0.25) is 5.91 Å². The molecule has 2 aromatic rings. The molecule has 1 aromatic heterocycles. The van der Waals surface area contributed by atoms with Gasteiger partial charge in [-0.1, -0.05) is 12.2 Å². The summed E-state index contributed by atoms with van der Waals surface area (Å²) in [6.45, 7) is 11.0. The molecule has 0 bridgehead atoms. The Morgan fingerprint density at radius 3 is 2.50 bits per heavy atom. The molecule has 1 aromatic carbocycles. The summed E-state index contributed by atoms with van der Waals surface area (Å²) in [5.74, 6) is 0.871. The molecule has 1 heterocycles. The number of hydrogen-bond acceptors (Lipinski definition) is 4. The first-order valence-corrected chi connectivity index (χ1v) is 8.73. The lowest BCUT2D eigenvalue weighted by atomic mass is 10.2. The monoisotopic (exact) mass is 342 g/mol. The fraction of sp³-hybridized carbons (Fsp3) is 0.263. The van der Waals surface area contributed by atoms with Gasteiger partial charge >= 0.3 is 0 Å². The molecular weight excluding hydrogens is 320 g/mol. The molecule has 0 fully saturated rings. The first-order chi connectivity index (χ1) is 11.7. The molecule has 126 valence electrons. The maximum absolute atomic E-state index is 12.3. The van der Waals surface area contributed by atoms with Gasteiger partial charge in [0.25, 0.3) is 0 Å². The molecule has 0 aliphatic rings. The fourth-order valence-electron chi connectivity index (χ4n) is 2.24. The summed E-state index contributed by atoms with van der Waals surface area (Å²) in [6, 6.07) is 7.83. The second-order valence-electron chi connectivity index (χ2n) is 5.15. The Morgan fingerprint density at radius 2 is 1.92 bits per heavy atom. The summed E-state index contributed by atoms with van der Waals surface area (Å²) in [4.78, 5) is 18.6. The Balaban J connectivity index is 2.05. The average Bonchev–Trinajstić information content (AvgIpc) is 3.04. The summed E-state index contributed by atoms with van der Waals surface area (Å²) < 4.78 is 5.44. The highest BCUT2D eigenvalue weighted by Crippen LogP contribution is 2.26. The van der Waals surface area contributed by atoms with Crippen molar-refractivity contribution in [3.8, 4) is 16.3 Å². The number of hydrogen-bond donors (Lipinski definition) is 0. The van der Waals surface area contributed by atoms with Crippen LogP contribution < -0.4 is 4.74 Å². The average molecular weight is 342 g/mol. The largest absolute Gasteiger partial charge is 0.494 e. The molecule has 2 rings (SSSR count). The molecular formula is C19H22N2O2S. The molecule has 0 unspecified atom stereocenters. The zero-order valence-corrected chi connectivity index (χ0v) is 14.7. The van der Waals surface area contributed by atoms with Gasteiger partial charge in [-0.15, -0.1) is 24.5 Å². The third-order valence-corrected chi connectivity index (χ3v) is 4.29. The lowest BCUT2D eigenvalue weighted by Gasteiger charge is -2.18. The van der Waals surface area contributed by atoms with E-state index in [-0.39, 0.29) is 12.3 Å². The molecule has 0 saturated carbocycles. The molecule has 0 radical (unpaired) electrons. The van der Waals surface area contributed by atoms with Crippen molar-refractivity contribution < 1.29 is 9.53 Å². The standard InChI is InChI=1S/C19H22N2O2S/c1-4-11-21(12-5-2)18(22)13-16-14-24-19(20-16)15-7-9-17(10-8-15)23-6-3/h4-5,7-10,14H,1-2,6,11-13H2,3H3. The highest BCUT2D eigenvalue weighted by molar-refractivity contribution is 7.13. The molecule has 0 atom stereocenters. The number of carbonyl (C=O) groups is 1. The van der Waals surface area contributed by atoms with Crippen LogP contribution >= 0.6 is 11.3 Å². The van der Waals surface area contributed by atoms with Gasteiger partial charge in [-0.3, -0.25) is 4.79 Å². The predicted molar refractivity (Wildman–Crippen MR) is 99.4 cm³/mol. The number of nitrogens with zero attached hydrogens (tertiary/aromatic N) is 2. The molecule has 1 amide bonds. The molecule has 0 N–H and O–H groups in total. The van der Waals surface area contributed by atoms with Crippen LogP contribution in [0.3, 0.4) is 0 Å². The Labute approximate surface area is 147 Å². The minimum absolute atomic E-state index is 0.0262. The van der Waals surface area contributed by atoms with Crippen LogP contribution in [-0.4, -0.2) is 35.5 Å². The molecule has 24 heavy (non-hydrogen) atoms. The molecule has 0 spiro atoms. The molecule has 0 saturated heterocycles. The van der Waals surface area contributed by atoms with Crippen LogP contribution in [0.5, 0.6) is 5.75 Å². The number of amides is 1. The Bertz CT molecular complexity index is 682. The van der Waals surface area contributed by atoms with Crippen molar-refractivity contribution in [1.29, 1.82) is 0 Å². The topological polar surface area (TPSA) is 42.4 Å². The van der Waals surface area contributed by atoms with Crippen molar-refractivity contribution in [2.45, 2.75) is 13.3 Å². The number of benzene rings is 1. The van der Waals surface area contributed by atoms with Crippen molar-refractivity contribution >= 4 is 17.2 Å².